The quantitative estimate of drug-likeness (QED) is 0.281. The molecule has 1 N–H and O–H groups in total. The molecule has 0 saturated heterocycles. The number of rotatable bonds is 8. The Morgan fingerprint density at radius 1 is 1.09 bits per heavy atom. The first-order valence-electron chi connectivity index (χ1n) is 10.4. The number of fused-ring (bicyclic) bond motifs is 1. The fourth-order valence-corrected chi connectivity index (χ4v) is 4.80. The number of thiophene rings is 1. The summed E-state index contributed by atoms with van der Waals surface area (Å²) in [6.07, 6.45) is 2.14. The molecule has 0 fully saturated rings. The van der Waals surface area contributed by atoms with Crippen molar-refractivity contribution < 1.29 is 23.5 Å². The Morgan fingerprint density at radius 2 is 1.88 bits per heavy atom. The molecular formula is C25H22ClNO5S. The number of furan rings is 1. The molecular weight excluding hydrogens is 462 g/mol. The van der Waals surface area contributed by atoms with Gasteiger partial charge in [0.1, 0.15) is 23.0 Å². The summed E-state index contributed by atoms with van der Waals surface area (Å²) in [6.45, 7) is 2.36. The van der Waals surface area contributed by atoms with Gasteiger partial charge in [0.05, 0.1) is 12.1 Å². The monoisotopic (exact) mass is 483 g/mol. The highest BCUT2D eigenvalue weighted by Gasteiger charge is 2.18. The van der Waals surface area contributed by atoms with E-state index in [0.29, 0.717) is 21.3 Å². The first-order chi connectivity index (χ1) is 16.0. The summed E-state index contributed by atoms with van der Waals surface area (Å²) < 4.78 is 16.9. The van der Waals surface area contributed by atoms with E-state index in [9.17, 15) is 9.59 Å². The van der Waals surface area contributed by atoms with Gasteiger partial charge in [0, 0.05) is 15.8 Å². The normalized spacial score (nSPS) is 10.9. The van der Waals surface area contributed by atoms with Crippen LogP contribution in [-0.4, -0.2) is 19.0 Å². The SMILES string of the molecule is CCCc1ccc(OCc2ccc(C(=O)Nc3ccc4c(Cl)c(C(=O)OC)sc4c3)o2)cc1. The summed E-state index contributed by atoms with van der Waals surface area (Å²) in [4.78, 5) is 24.8. The third-order valence-corrected chi connectivity index (χ3v) is 6.62. The van der Waals surface area contributed by atoms with Crippen LogP contribution in [0.2, 0.25) is 5.02 Å². The Bertz CT molecular complexity index is 1290. The molecule has 0 aliphatic heterocycles. The molecule has 0 saturated carbocycles. The standard InChI is InChI=1S/C25H22ClNO5S/c1-3-4-15-5-8-17(9-6-15)31-14-18-10-12-20(32-18)24(28)27-16-7-11-19-21(13-16)33-23(22(19)26)25(29)30-2/h5-13H,3-4,14H2,1-2H3,(H,27,28). The number of hydrogen-bond acceptors (Lipinski definition) is 6. The van der Waals surface area contributed by atoms with Crippen molar-refractivity contribution >= 4 is 50.6 Å². The van der Waals surface area contributed by atoms with Gasteiger partial charge < -0.3 is 19.2 Å². The Labute approximate surface area is 200 Å². The van der Waals surface area contributed by atoms with Gasteiger partial charge in [0.15, 0.2) is 5.76 Å². The van der Waals surface area contributed by atoms with E-state index in [1.54, 1.807) is 30.3 Å². The van der Waals surface area contributed by atoms with E-state index in [4.69, 9.17) is 25.5 Å². The van der Waals surface area contributed by atoms with Gasteiger partial charge in [-0.25, -0.2) is 4.79 Å². The minimum atomic E-state index is -0.492. The number of benzene rings is 2. The van der Waals surface area contributed by atoms with E-state index >= 15 is 0 Å². The van der Waals surface area contributed by atoms with Crippen LogP contribution in [0.25, 0.3) is 10.1 Å². The van der Waals surface area contributed by atoms with Gasteiger partial charge in [-0.1, -0.05) is 37.1 Å². The number of ether oxygens (including phenoxy) is 2. The number of carbonyl (C=O) groups is 2. The van der Waals surface area contributed by atoms with Crippen molar-refractivity contribution in [2.75, 3.05) is 12.4 Å². The van der Waals surface area contributed by atoms with E-state index in [1.807, 2.05) is 24.3 Å². The Hall–Kier alpha value is -3.29. The number of methoxy groups -OCH3 is 1. The van der Waals surface area contributed by atoms with Gasteiger partial charge in [-0.2, -0.15) is 0 Å². The second-order valence-corrected chi connectivity index (χ2v) is 8.78. The summed E-state index contributed by atoms with van der Waals surface area (Å²) >= 11 is 7.49. The number of anilines is 1. The lowest BCUT2D eigenvalue weighted by molar-refractivity contribution is 0.0606. The molecule has 0 atom stereocenters. The number of hydrogen-bond donors (Lipinski definition) is 1. The topological polar surface area (TPSA) is 77.8 Å². The van der Waals surface area contributed by atoms with Crippen LogP contribution in [0.1, 0.15) is 44.9 Å². The lowest BCUT2D eigenvalue weighted by Crippen LogP contribution is -2.10. The van der Waals surface area contributed by atoms with Crippen LogP contribution < -0.4 is 10.1 Å². The number of aryl methyl sites for hydroxylation is 1. The molecule has 0 aliphatic rings. The van der Waals surface area contributed by atoms with Crippen LogP contribution in [0.5, 0.6) is 5.75 Å². The minimum absolute atomic E-state index is 0.173. The van der Waals surface area contributed by atoms with Crippen LogP contribution in [-0.2, 0) is 17.8 Å². The molecule has 2 heterocycles. The molecule has 1 amide bonds. The zero-order valence-electron chi connectivity index (χ0n) is 18.1. The molecule has 6 nitrogen and oxygen atoms in total. The van der Waals surface area contributed by atoms with Gasteiger partial charge in [-0.05, 0) is 54.4 Å². The molecule has 0 spiro atoms. The number of nitrogens with one attached hydrogen (secondary N) is 1. The van der Waals surface area contributed by atoms with Gasteiger partial charge in [-0.3, -0.25) is 4.79 Å². The zero-order chi connectivity index (χ0) is 23.4. The van der Waals surface area contributed by atoms with Gasteiger partial charge in [-0.15, -0.1) is 11.3 Å². The van der Waals surface area contributed by atoms with E-state index in [1.165, 1.54) is 24.0 Å². The van der Waals surface area contributed by atoms with E-state index in [0.717, 1.165) is 28.7 Å². The predicted octanol–water partition coefficient (Wildman–Crippen LogP) is 6.72. The highest BCUT2D eigenvalue weighted by Crippen LogP contribution is 2.37. The highest BCUT2D eigenvalue weighted by molar-refractivity contribution is 7.21. The van der Waals surface area contributed by atoms with Crippen molar-refractivity contribution in [1.29, 1.82) is 0 Å². The van der Waals surface area contributed by atoms with Crippen molar-refractivity contribution in [1.82, 2.24) is 0 Å². The molecule has 2 aromatic heterocycles. The van der Waals surface area contributed by atoms with Crippen LogP contribution in [0.4, 0.5) is 5.69 Å². The average molecular weight is 484 g/mol. The molecule has 170 valence electrons. The summed E-state index contributed by atoms with van der Waals surface area (Å²) in [7, 11) is 1.31. The van der Waals surface area contributed by atoms with Crippen LogP contribution in [0.3, 0.4) is 0 Å². The maximum atomic E-state index is 12.6. The Morgan fingerprint density at radius 3 is 2.61 bits per heavy atom. The second-order valence-electron chi connectivity index (χ2n) is 7.35. The van der Waals surface area contributed by atoms with Gasteiger partial charge >= 0.3 is 5.97 Å². The zero-order valence-corrected chi connectivity index (χ0v) is 19.7. The van der Waals surface area contributed by atoms with Crippen molar-refractivity contribution in [2.45, 2.75) is 26.4 Å². The Kier molecular flexibility index (Phi) is 7.01. The summed E-state index contributed by atoms with van der Waals surface area (Å²) in [5.74, 6) is 0.577. The molecule has 4 rings (SSSR count). The summed E-state index contributed by atoms with van der Waals surface area (Å²) in [5.41, 5.74) is 1.83. The number of esters is 1. The maximum Gasteiger partial charge on any atom is 0.349 e. The second kappa shape index (κ2) is 10.1. The van der Waals surface area contributed by atoms with Crippen LogP contribution in [0, 0.1) is 0 Å². The van der Waals surface area contributed by atoms with E-state index in [-0.39, 0.29) is 18.3 Å². The average Bonchev–Trinajstić information content (AvgIpc) is 3.43. The number of carbonyl (C=O) groups excluding carboxylic acids is 2. The predicted molar refractivity (Wildman–Crippen MR) is 130 cm³/mol. The maximum absolute atomic E-state index is 12.6. The third-order valence-electron chi connectivity index (χ3n) is 4.99. The van der Waals surface area contributed by atoms with Crippen molar-refractivity contribution in [3.63, 3.8) is 0 Å². The Balaban J connectivity index is 1.40. The number of halogens is 1. The van der Waals surface area contributed by atoms with Crippen LogP contribution >= 0.6 is 22.9 Å². The minimum Gasteiger partial charge on any atom is -0.486 e. The lowest BCUT2D eigenvalue weighted by atomic mass is 10.1. The fraction of sp³-hybridized carbons (Fsp3) is 0.200. The molecule has 33 heavy (non-hydrogen) atoms. The molecule has 2 aromatic carbocycles. The first-order valence-corrected chi connectivity index (χ1v) is 11.6. The fourth-order valence-electron chi connectivity index (χ4n) is 3.33. The molecule has 4 aromatic rings. The van der Waals surface area contributed by atoms with Crippen LogP contribution in [0.15, 0.2) is 59.0 Å². The summed E-state index contributed by atoms with van der Waals surface area (Å²) in [6, 6.07) is 16.5. The molecule has 0 unspecified atom stereocenters. The molecule has 0 aliphatic carbocycles. The lowest BCUT2D eigenvalue weighted by Gasteiger charge is -2.06. The molecule has 8 heteroatoms. The third kappa shape index (κ3) is 5.21. The van der Waals surface area contributed by atoms with Gasteiger partial charge in [0.25, 0.3) is 5.91 Å². The molecule has 0 bridgehead atoms. The highest BCUT2D eigenvalue weighted by atomic mass is 35.5. The largest absolute Gasteiger partial charge is 0.486 e. The molecule has 0 radical (unpaired) electrons. The van der Waals surface area contributed by atoms with Crippen molar-refractivity contribution in [3.05, 3.63) is 81.6 Å². The smallest absolute Gasteiger partial charge is 0.349 e. The van der Waals surface area contributed by atoms with E-state index < -0.39 is 5.97 Å². The van der Waals surface area contributed by atoms with Crippen molar-refractivity contribution in [3.8, 4) is 5.75 Å². The summed E-state index contributed by atoms with van der Waals surface area (Å²) in [5, 5.41) is 3.87. The first kappa shape index (κ1) is 22.9. The van der Waals surface area contributed by atoms with Gasteiger partial charge in [0.2, 0.25) is 0 Å². The van der Waals surface area contributed by atoms with E-state index in [2.05, 4.69) is 12.2 Å². The number of amides is 1. The van der Waals surface area contributed by atoms with Crippen molar-refractivity contribution in [2.24, 2.45) is 0 Å².